The standard InChI is InChI=1S/C17H28N2/c1-14(17(18)16-11-7-4-8-12-16)19(2)13-15-9-5-3-6-10-15/h4,7-8,11-12,14-15,17H,3,5-6,9-10,13,18H2,1-2H3. The first-order chi connectivity index (χ1) is 9.18. The van der Waals surface area contributed by atoms with Gasteiger partial charge in [-0.1, -0.05) is 49.6 Å². The van der Waals surface area contributed by atoms with Crippen LogP contribution in [0.1, 0.15) is 50.6 Å². The van der Waals surface area contributed by atoms with Crippen molar-refractivity contribution in [1.82, 2.24) is 4.90 Å². The minimum atomic E-state index is 0.106. The van der Waals surface area contributed by atoms with Crippen molar-refractivity contribution in [2.75, 3.05) is 13.6 Å². The third-order valence-electron chi connectivity index (χ3n) is 4.67. The van der Waals surface area contributed by atoms with Gasteiger partial charge in [0.1, 0.15) is 0 Å². The highest BCUT2D eigenvalue weighted by Gasteiger charge is 2.22. The van der Waals surface area contributed by atoms with Crippen molar-refractivity contribution in [2.45, 2.75) is 51.1 Å². The van der Waals surface area contributed by atoms with Gasteiger partial charge in [-0.05, 0) is 38.3 Å². The van der Waals surface area contributed by atoms with Gasteiger partial charge < -0.3 is 10.6 Å². The van der Waals surface area contributed by atoms with Gasteiger partial charge in [0.2, 0.25) is 0 Å². The molecule has 0 spiro atoms. The van der Waals surface area contributed by atoms with Crippen LogP contribution in [0.15, 0.2) is 30.3 Å². The number of nitrogens with two attached hydrogens (primary N) is 1. The smallest absolute Gasteiger partial charge is 0.0450 e. The van der Waals surface area contributed by atoms with Crippen molar-refractivity contribution in [3.63, 3.8) is 0 Å². The largest absolute Gasteiger partial charge is 0.323 e. The molecule has 0 bridgehead atoms. The fraction of sp³-hybridized carbons (Fsp3) is 0.647. The molecule has 0 aromatic heterocycles. The predicted molar refractivity (Wildman–Crippen MR) is 82.0 cm³/mol. The molecule has 0 radical (unpaired) electrons. The van der Waals surface area contributed by atoms with Gasteiger partial charge in [-0.15, -0.1) is 0 Å². The lowest BCUT2D eigenvalue weighted by Gasteiger charge is -2.34. The van der Waals surface area contributed by atoms with E-state index in [0.29, 0.717) is 6.04 Å². The summed E-state index contributed by atoms with van der Waals surface area (Å²) < 4.78 is 0. The molecule has 106 valence electrons. The van der Waals surface area contributed by atoms with Crippen molar-refractivity contribution < 1.29 is 0 Å². The number of benzene rings is 1. The summed E-state index contributed by atoms with van der Waals surface area (Å²) in [4.78, 5) is 2.45. The Hall–Kier alpha value is -0.860. The zero-order valence-corrected chi connectivity index (χ0v) is 12.4. The molecule has 2 unspecified atom stereocenters. The van der Waals surface area contributed by atoms with Crippen LogP contribution in [0.25, 0.3) is 0 Å². The molecule has 0 amide bonds. The molecule has 1 aromatic carbocycles. The van der Waals surface area contributed by atoms with Crippen LogP contribution >= 0.6 is 0 Å². The van der Waals surface area contributed by atoms with Crippen LogP contribution in [0.4, 0.5) is 0 Å². The zero-order valence-electron chi connectivity index (χ0n) is 12.4. The average Bonchev–Trinajstić information content (AvgIpc) is 2.47. The lowest BCUT2D eigenvalue weighted by molar-refractivity contribution is 0.173. The Balaban J connectivity index is 1.89. The SMILES string of the molecule is CC(C(N)c1ccccc1)N(C)CC1CCCCC1. The van der Waals surface area contributed by atoms with E-state index in [-0.39, 0.29) is 6.04 Å². The Morgan fingerprint density at radius 3 is 2.42 bits per heavy atom. The summed E-state index contributed by atoms with van der Waals surface area (Å²) in [7, 11) is 2.22. The summed E-state index contributed by atoms with van der Waals surface area (Å²) in [5.41, 5.74) is 7.64. The van der Waals surface area contributed by atoms with Gasteiger partial charge in [0.05, 0.1) is 0 Å². The number of rotatable bonds is 5. The highest BCUT2D eigenvalue weighted by molar-refractivity contribution is 5.19. The van der Waals surface area contributed by atoms with E-state index in [2.05, 4.69) is 43.1 Å². The normalized spacial score (nSPS) is 20.4. The van der Waals surface area contributed by atoms with Gasteiger partial charge in [0, 0.05) is 18.6 Å². The second kappa shape index (κ2) is 7.06. The molecule has 0 saturated heterocycles. The minimum Gasteiger partial charge on any atom is -0.323 e. The lowest BCUT2D eigenvalue weighted by atomic mass is 9.88. The number of hydrogen-bond donors (Lipinski definition) is 1. The Morgan fingerprint density at radius 2 is 1.79 bits per heavy atom. The summed E-state index contributed by atoms with van der Waals surface area (Å²) in [5, 5.41) is 0. The molecule has 1 aliphatic carbocycles. The van der Waals surface area contributed by atoms with Gasteiger partial charge in [-0.2, -0.15) is 0 Å². The number of likely N-dealkylation sites (N-methyl/N-ethyl adjacent to an activating group) is 1. The van der Waals surface area contributed by atoms with Crippen LogP contribution in [0.5, 0.6) is 0 Å². The number of hydrogen-bond acceptors (Lipinski definition) is 2. The summed E-state index contributed by atoms with van der Waals surface area (Å²) in [6.45, 7) is 3.45. The molecule has 2 rings (SSSR count). The predicted octanol–water partition coefficient (Wildman–Crippen LogP) is 3.59. The summed E-state index contributed by atoms with van der Waals surface area (Å²) in [5.74, 6) is 0.879. The van der Waals surface area contributed by atoms with Crippen molar-refractivity contribution in [3.05, 3.63) is 35.9 Å². The van der Waals surface area contributed by atoms with Crippen LogP contribution in [-0.2, 0) is 0 Å². The van der Waals surface area contributed by atoms with E-state index < -0.39 is 0 Å². The summed E-state index contributed by atoms with van der Waals surface area (Å²) in [6, 6.07) is 11.0. The van der Waals surface area contributed by atoms with Crippen LogP contribution in [0.2, 0.25) is 0 Å². The van der Waals surface area contributed by atoms with E-state index in [0.717, 1.165) is 5.92 Å². The van der Waals surface area contributed by atoms with E-state index in [1.165, 1.54) is 44.2 Å². The third-order valence-corrected chi connectivity index (χ3v) is 4.67. The topological polar surface area (TPSA) is 29.3 Å². The molecular formula is C17H28N2. The van der Waals surface area contributed by atoms with Crippen molar-refractivity contribution in [2.24, 2.45) is 11.7 Å². The lowest BCUT2D eigenvalue weighted by Crippen LogP contribution is -2.41. The van der Waals surface area contributed by atoms with Crippen LogP contribution < -0.4 is 5.73 Å². The van der Waals surface area contributed by atoms with Gasteiger partial charge in [0.25, 0.3) is 0 Å². The van der Waals surface area contributed by atoms with E-state index in [9.17, 15) is 0 Å². The highest BCUT2D eigenvalue weighted by atomic mass is 15.1. The molecule has 2 atom stereocenters. The monoisotopic (exact) mass is 260 g/mol. The molecule has 19 heavy (non-hydrogen) atoms. The second-order valence-corrected chi connectivity index (χ2v) is 6.12. The molecule has 1 aromatic rings. The van der Waals surface area contributed by atoms with Crippen LogP contribution in [-0.4, -0.2) is 24.5 Å². The van der Waals surface area contributed by atoms with Crippen molar-refractivity contribution in [1.29, 1.82) is 0 Å². The van der Waals surface area contributed by atoms with Crippen molar-refractivity contribution >= 4 is 0 Å². The fourth-order valence-corrected chi connectivity index (χ4v) is 3.17. The molecule has 0 aliphatic heterocycles. The van der Waals surface area contributed by atoms with Crippen LogP contribution in [0.3, 0.4) is 0 Å². The van der Waals surface area contributed by atoms with Gasteiger partial charge in [-0.25, -0.2) is 0 Å². The Bertz CT molecular complexity index is 357. The van der Waals surface area contributed by atoms with Crippen molar-refractivity contribution in [3.8, 4) is 0 Å². The molecule has 0 heterocycles. The van der Waals surface area contributed by atoms with Crippen LogP contribution in [0, 0.1) is 5.92 Å². The zero-order chi connectivity index (χ0) is 13.7. The minimum absolute atomic E-state index is 0.106. The van der Waals surface area contributed by atoms with Gasteiger partial charge in [0.15, 0.2) is 0 Å². The first-order valence-corrected chi connectivity index (χ1v) is 7.69. The maximum absolute atomic E-state index is 6.40. The third kappa shape index (κ3) is 4.05. The van der Waals surface area contributed by atoms with Gasteiger partial charge in [-0.3, -0.25) is 0 Å². The second-order valence-electron chi connectivity index (χ2n) is 6.12. The maximum Gasteiger partial charge on any atom is 0.0450 e. The fourth-order valence-electron chi connectivity index (χ4n) is 3.17. The molecule has 2 nitrogen and oxygen atoms in total. The molecule has 2 heteroatoms. The molecule has 1 aliphatic rings. The van der Waals surface area contributed by atoms with Gasteiger partial charge >= 0.3 is 0 Å². The van der Waals surface area contributed by atoms with E-state index in [1.54, 1.807) is 0 Å². The molecular weight excluding hydrogens is 232 g/mol. The average molecular weight is 260 g/mol. The quantitative estimate of drug-likeness (QED) is 0.876. The van der Waals surface area contributed by atoms with E-state index in [4.69, 9.17) is 5.73 Å². The van der Waals surface area contributed by atoms with E-state index in [1.807, 2.05) is 6.07 Å². The van der Waals surface area contributed by atoms with E-state index >= 15 is 0 Å². The summed E-state index contributed by atoms with van der Waals surface area (Å²) in [6.07, 6.45) is 7.06. The number of nitrogens with zero attached hydrogens (tertiary/aromatic N) is 1. The first-order valence-electron chi connectivity index (χ1n) is 7.69. The maximum atomic E-state index is 6.40. The first kappa shape index (κ1) is 14.5. The Labute approximate surface area is 118 Å². The Kier molecular flexibility index (Phi) is 5.41. The molecule has 1 saturated carbocycles. The molecule has 1 fully saturated rings. The highest BCUT2D eigenvalue weighted by Crippen LogP contribution is 2.26. The summed E-state index contributed by atoms with van der Waals surface area (Å²) >= 11 is 0. The Morgan fingerprint density at radius 1 is 1.16 bits per heavy atom. The molecule has 2 N–H and O–H groups in total.